The van der Waals surface area contributed by atoms with E-state index in [4.69, 9.17) is 23.7 Å². The fraction of sp³-hybridized carbons (Fsp3) is 0.590. The summed E-state index contributed by atoms with van der Waals surface area (Å²) in [6.45, 7) is 7.93. The van der Waals surface area contributed by atoms with Gasteiger partial charge in [-0.15, -0.1) is 0 Å². The second kappa shape index (κ2) is 29.2. The lowest BCUT2D eigenvalue weighted by Gasteiger charge is -2.34. The molecule has 8 rings (SSSR count). The molecule has 23 nitrogen and oxygen atoms in total. The molecular weight excluding hydrogens is 1080 g/mol. The Morgan fingerprint density at radius 1 is 0.690 bits per heavy atom. The van der Waals surface area contributed by atoms with Crippen LogP contribution in [-0.4, -0.2) is 195 Å². The third-order valence-electron chi connectivity index (χ3n) is 16.4. The predicted octanol–water partition coefficient (Wildman–Crippen LogP) is 1.46. The van der Waals surface area contributed by atoms with Crippen LogP contribution in [0.5, 0.6) is 11.5 Å². The topological polar surface area (TPSA) is 312 Å². The van der Waals surface area contributed by atoms with E-state index in [1.807, 2.05) is 11.0 Å². The number of rotatable bonds is 30. The third kappa shape index (κ3) is 17.7. The van der Waals surface area contributed by atoms with E-state index in [0.717, 1.165) is 49.7 Å². The SMILES string of the molecule is COc1ccc(CC(NC(=O)C(CC#N)NC(=O)CN2CCOC(CC3(C(=O)C(CC4=CCCC4)NC(=O)C(Cc4ccc(O)c(C)c4)NC(=O)C(C)NC(=O)CN4CCOCC4)CO3)C2)C(=O)NC(CC2=CCCC2)C(=O)C2(C)CO2)cc1. The standard InChI is InChI=1S/C61H81N9O14/c1-38-27-43(15-18-51(38)71)31-50(67-56(76)39(2)63-52(72)34-69-21-24-81-25-22-69)59(79)66-48(29-41-11-7-8-12-41)55(75)61(37-84-61)32-45-33-70(23-26-82-45)35-53(73)64-46(19-20-62)57(77)68-49(30-42-13-16-44(80-4)17-14-42)58(78)65-47(28-40-9-5-6-10-40)54(74)60(3)36-83-60/h9,11,13-18,27,39,45-50,71H,5-8,10,12,19,21-26,28-37H2,1-4H3,(H,63,72)(H,64,73)(H,65,78)(H,66,79)(H,67,76)(H,68,77). The van der Waals surface area contributed by atoms with Crippen LogP contribution in [0.15, 0.2) is 65.8 Å². The van der Waals surface area contributed by atoms with Gasteiger partial charge in [-0.3, -0.25) is 48.2 Å². The molecule has 0 spiro atoms. The van der Waals surface area contributed by atoms with Gasteiger partial charge in [0.25, 0.3) is 0 Å². The molecular formula is C61H81N9O14. The van der Waals surface area contributed by atoms with Crippen molar-refractivity contribution >= 4 is 47.0 Å². The monoisotopic (exact) mass is 1160 g/mol. The van der Waals surface area contributed by atoms with Gasteiger partial charge in [0.1, 0.15) is 41.3 Å². The Kier molecular flexibility index (Phi) is 21.9. The number of hydrogen-bond acceptors (Lipinski definition) is 17. The molecule has 2 aromatic rings. The summed E-state index contributed by atoms with van der Waals surface area (Å²) in [4.78, 5) is 116. The normalized spacial score (nSPS) is 23.3. The number of hydrogen-bond donors (Lipinski definition) is 7. The average molecular weight is 1160 g/mol. The molecule has 454 valence electrons. The van der Waals surface area contributed by atoms with Crippen molar-refractivity contribution in [3.63, 3.8) is 0 Å². The molecule has 4 saturated heterocycles. The van der Waals surface area contributed by atoms with Crippen LogP contribution in [0, 0.1) is 18.3 Å². The van der Waals surface area contributed by atoms with Crippen molar-refractivity contribution in [2.24, 2.45) is 0 Å². The fourth-order valence-corrected chi connectivity index (χ4v) is 11.3. The van der Waals surface area contributed by atoms with Crippen LogP contribution in [0.2, 0.25) is 0 Å². The molecule has 0 radical (unpaired) electrons. The predicted molar refractivity (Wildman–Crippen MR) is 305 cm³/mol. The Morgan fingerprint density at radius 3 is 1.81 bits per heavy atom. The molecule has 7 N–H and O–H groups in total. The van der Waals surface area contributed by atoms with Crippen LogP contribution in [0.3, 0.4) is 0 Å². The van der Waals surface area contributed by atoms with Crippen molar-refractivity contribution in [3.05, 3.63) is 82.5 Å². The number of epoxide rings is 2. The lowest BCUT2D eigenvalue weighted by molar-refractivity contribution is -0.135. The number of aromatic hydroxyl groups is 1. The number of Topliss-reactive ketones (excluding diaryl/α,β-unsaturated/α-hetero) is 2. The minimum atomic E-state index is -1.36. The molecule has 4 aliphatic heterocycles. The molecule has 6 amide bonds. The molecule has 6 aliphatic rings. The maximum absolute atomic E-state index is 14.9. The molecule has 4 fully saturated rings. The van der Waals surface area contributed by atoms with Crippen LogP contribution in [-0.2, 0) is 70.1 Å². The molecule has 2 aliphatic carbocycles. The Bertz CT molecular complexity index is 2840. The zero-order chi connectivity index (χ0) is 60.0. The van der Waals surface area contributed by atoms with Gasteiger partial charge in [0.05, 0.1) is 83.9 Å². The number of nitrogens with zero attached hydrogens (tertiary/aromatic N) is 3. The number of phenols is 1. The highest BCUT2D eigenvalue weighted by Crippen LogP contribution is 2.38. The first kappa shape index (κ1) is 63.0. The number of nitriles is 1. The van der Waals surface area contributed by atoms with Crippen LogP contribution in [0.25, 0.3) is 0 Å². The summed E-state index contributed by atoms with van der Waals surface area (Å²) in [5, 5.41) is 37.0. The molecule has 84 heavy (non-hydrogen) atoms. The van der Waals surface area contributed by atoms with Crippen molar-refractivity contribution in [1.82, 2.24) is 41.7 Å². The van der Waals surface area contributed by atoms with Crippen molar-refractivity contribution in [2.75, 3.05) is 79.4 Å². The number of benzene rings is 2. The maximum atomic E-state index is 14.9. The summed E-state index contributed by atoms with van der Waals surface area (Å²) >= 11 is 0. The largest absolute Gasteiger partial charge is 0.508 e. The number of ketones is 2. The Labute approximate surface area is 490 Å². The van der Waals surface area contributed by atoms with E-state index >= 15 is 0 Å². The van der Waals surface area contributed by atoms with Gasteiger partial charge >= 0.3 is 0 Å². The van der Waals surface area contributed by atoms with Crippen LogP contribution < -0.4 is 36.6 Å². The molecule has 0 saturated carbocycles. The number of nitrogens with one attached hydrogen (secondary N) is 6. The number of amides is 6. The number of morpholine rings is 2. The molecule has 9 atom stereocenters. The number of ether oxygens (including phenoxy) is 5. The minimum absolute atomic E-state index is 0.000365. The summed E-state index contributed by atoms with van der Waals surface area (Å²) in [6, 6.07) is 7.00. The van der Waals surface area contributed by atoms with Gasteiger partial charge in [0, 0.05) is 45.4 Å². The average Bonchev–Trinajstić information content (AvgIpc) is 3.93. The summed E-state index contributed by atoms with van der Waals surface area (Å²) in [6.07, 6.45) is 8.81. The van der Waals surface area contributed by atoms with Gasteiger partial charge in [0.2, 0.25) is 35.4 Å². The summed E-state index contributed by atoms with van der Waals surface area (Å²) in [5.41, 5.74) is 1.55. The molecule has 23 heteroatoms. The van der Waals surface area contributed by atoms with E-state index < -0.39 is 89.5 Å². The fourth-order valence-electron chi connectivity index (χ4n) is 11.3. The zero-order valence-electron chi connectivity index (χ0n) is 48.6. The van der Waals surface area contributed by atoms with Gasteiger partial charge in [-0.1, -0.05) is 47.6 Å². The summed E-state index contributed by atoms with van der Waals surface area (Å²) in [5.74, 6) is -3.58. The number of carbonyl (C=O) groups is 8. The molecule has 9 unspecified atom stereocenters. The number of phenolic OH excluding ortho intramolecular Hbond substituents is 1. The highest BCUT2D eigenvalue weighted by Gasteiger charge is 2.56. The second-order valence-corrected chi connectivity index (χ2v) is 23.2. The number of carbonyl (C=O) groups excluding carboxylic acids is 8. The van der Waals surface area contributed by atoms with E-state index in [0.29, 0.717) is 61.7 Å². The van der Waals surface area contributed by atoms with Crippen molar-refractivity contribution in [2.45, 2.75) is 151 Å². The van der Waals surface area contributed by atoms with Gasteiger partial charge in [-0.25, -0.2) is 0 Å². The van der Waals surface area contributed by atoms with E-state index in [9.17, 15) is 48.7 Å². The third-order valence-corrected chi connectivity index (χ3v) is 16.4. The first-order valence-electron chi connectivity index (χ1n) is 29.3. The second-order valence-electron chi connectivity index (χ2n) is 23.2. The molecule has 0 bridgehead atoms. The Balaban J connectivity index is 0.901. The number of aryl methyl sites for hydroxylation is 1. The first-order valence-corrected chi connectivity index (χ1v) is 29.3. The Hall–Kier alpha value is -7.07. The highest BCUT2D eigenvalue weighted by molar-refractivity contribution is 6.00. The van der Waals surface area contributed by atoms with Gasteiger partial charge < -0.3 is 60.7 Å². The summed E-state index contributed by atoms with van der Waals surface area (Å²) in [7, 11) is 1.53. The first-order chi connectivity index (χ1) is 40.3. The van der Waals surface area contributed by atoms with Crippen molar-refractivity contribution in [3.8, 4) is 17.6 Å². The molecule has 4 heterocycles. The van der Waals surface area contributed by atoms with Crippen LogP contribution >= 0.6 is 0 Å². The van der Waals surface area contributed by atoms with Crippen molar-refractivity contribution < 1.29 is 67.1 Å². The van der Waals surface area contributed by atoms with Gasteiger partial charge in [-0.05, 0) is 107 Å². The number of allylic oxidation sites excluding steroid dienone is 2. The van der Waals surface area contributed by atoms with Gasteiger partial charge in [-0.2, -0.15) is 5.26 Å². The maximum Gasteiger partial charge on any atom is 0.244 e. The minimum Gasteiger partial charge on any atom is -0.508 e. The van der Waals surface area contributed by atoms with Gasteiger partial charge in [0.15, 0.2) is 17.2 Å². The van der Waals surface area contributed by atoms with Crippen molar-refractivity contribution in [1.29, 1.82) is 5.26 Å². The number of methoxy groups -OCH3 is 1. The lowest BCUT2D eigenvalue weighted by Crippen LogP contribution is -2.58. The van der Waals surface area contributed by atoms with Crippen LogP contribution in [0.4, 0.5) is 0 Å². The summed E-state index contributed by atoms with van der Waals surface area (Å²) < 4.78 is 28.3. The van der Waals surface area contributed by atoms with Crippen LogP contribution in [0.1, 0.15) is 94.7 Å². The quantitative estimate of drug-likeness (QED) is 0.0430. The van der Waals surface area contributed by atoms with E-state index in [1.165, 1.54) is 20.1 Å². The smallest absolute Gasteiger partial charge is 0.244 e. The highest BCUT2D eigenvalue weighted by atomic mass is 16.6. The zero-order valence-corrected chi connectivity index (χ0v) is 48.6. The Morgan fingerprint density at radius 2 is 1.24 bits per heavy atom. The van der Waals surface area contributed by atoms with E-state index in [1.54, 1.807) is 55.1 Å². The molecule has 0 aromatic heterocycles. The van der Waals surface area contributed by atoms with E-state index in [-0.39, 0.29) is 88.4 Å². The molecule has 2 aromatic carbocycles. The van der Waals surface area contributed by atoms with E-state index in [2.05, 4.69) is 44.1 Å². The lowest BCUT2D eigenvalue weighted by atomic mass is 9.88.